The molecule has 6 heteroatoms. The summed E-state index contributed by atoms with van der Waals surface area (Å²) in [5.74, 6) is -1.36. The zero-order chi connectivity index (χ0) is 13.9. The van der Waals surface area contributed by atoms with E-state index in [4.69, 9.17) is 5.11 Å². The normalized spacial score (nSPS) is 11.1. The van der Waals surface area contributed by atoms with E-state index < -0.39 is 16.7 Å². The number of methoxy groups -OCH3 is 1. The molecule has 0 radical (unpaired) electrons. The molecule has 0 aromatic carbocycles. The number of ether oxygens (including phenoxy) is 1. The lowest BCUT2D eigenvalue weighted by Crippen LogP contribution is -2.27. The maximum absolute atomic E-state index is 11.4. The van der Waals surface area contributed by atoms with Gasteiger partial charge in [-0.2, -0.15) is 0 Å². The van der Waals surface area contributed by atoms with Gasteiger partial charge in [-0.25, -0.2) is 9.78 Å². The average molecular weight is 269 g/mol. The first-order valence-corrected chi connectivity index (χ1v) is 6.08. The quantitative estimate of drug-likeness (QED) is 0.666. The lowest BCUT2D eigenvalue weighted by Gasteiger charge is -2.18. The van der Waals surface area contributed by atoms with Gasteiger partial charge >= 0.3 is 11.9 Å². The van der Waals surface area contributed by atoms with Gasteiger partial charge in [-0.15, -0.1) is 0 Å². The van der Waals surface area contributed by atoms with Crippen LogP contribution in [0.2, 0.25) is 0 Å². The number of pyridine rings is 1. The lowest BCUT2D eigenvalue weighted by atomic mass is 10.2. The van der Waals surface area contributed by atoms with Crippen molar-refractivity contribution in [2.24, 2.45) is 0 Å². The number of aliphatic carboxylic acids is 1. The third-order valence-corrected chi connectivity index (χ3v) is 3.46. The summed E-state index contributed by atoms with van der Waals surface area (Å²) in [7, 11) is 1.30. The third kappa shape index (κ3) is 3.22. The van der Waals surface area contributed by atoms with Gasteiger partial charge in [0.15, 0.2) is 0 Å². The second-order valence-corrected chi connectivity index (χ2v) is 5.83. The molecule has 1 N–H and O–H groups in total. The fourth-order valence-corrected chi connectivity index (χ4v) is 2.15. The average Bonchev–Trinajstić information content (AvgIpc) is 2.27. The van der Waals surface area contributed by atoms with Crippen molar-refractivity contribution in [1.82, 2.24) is 4.98 Å². The molecule has 0 amide bonds. The number of carbonyl (C=O) groups excluding carboxylic acids is 1. The van der Waals surface area contributed by atoms with E-state index in [9.17, 15) is 9.59 Å². The van der Waals surface area contributed by atoms with E-state index in [0.29, 0.717) is 16.3 Å². The van der Waals surface area contributed by atoms with Crippen LogP contribution in [0.3, 0.4) is 0 Å². The Morgan fingerprint density at radius 1 is 1.39 bits per heavy atom. The van der Waals surface area contributed by atoms with Crippen LogP contribution in [-0.2, 0) is 9.53 Å². The van der Waals surface area contributed by atoms with E-state index in [1.165, 1.54) is 7.11 Å². The highest BCUT2D eigenvalue weighted by molar-refractivity contribution is 8.01. The number of esters is 1. The van der Waals surface area contributed by atoms with Crippen molar-refractivity contribution >= 4 is 23.7 Å². The van der Waals surface area contributed by atoms with Crippen LogP contribution >= 0.6 is 11.8 Å². The molecule has 0 saturated heterocycles. The van der Waals surface area contributed by atoms with E-state index in [1.54, 1.807) is 32.9 Å². The van der Waals surface area contributed by atoms with Gasteiger partial charge in [0.1, 0.15) is 4.75 Å². The molecule has 0 saturated carbocycles. The van der Waals surface area contributed by atoms with Gasteiger partial charge in [0.2, 0.25) is 0 Å². The van der Waals surface area contributed by atoms with Crippen molar-refractivity contribution in [1.29, 1.82) is 0 Å². The zero-order valence-corrected chi connectivity index (χ0v) is 11.5. The summed E-state index contributed by atoms with van der Waals surface area (Å²) in [6.07, 6.45) is 0. The molecule has 1 rings (SSSR count). The number of carboxylic acids is 1. The van der Waals surface area contributed by atoms with Crippen LogP contribution in [0.4, 0.5) is 0 Å². The van der Waals surface area contributed by atoms with E-state index in [2.05, 4.69) is 9.72 Å². The van der Waals surface area contributed by atoms with Gasteiger partial charge in [-0.05, 0) is 32.9 Å². The van der Waals surface area contributed by atoms with Crippen LogP contribution in [0.15, 0.2) is 17.2 Å². The fourth-order valence-electron chi connectivity index (χ4n) is 1.23. The number of aryl methyl sites for hydroxylation is 1. The third-order valence-electron chi connectivity index (χ3n) is 2.34. The van der Waals surface area contributed by atoms with Crippen LogP contribution in [0.1, 0.15) is 29.9 Å². The van der Waals surface area contributed by atoms with Crippen molar-refractivity contribution in [2.45, 2.75) is 30.5 Å². The SMILES string of the molecule is COC(=O)c1ccc(SC(C)(C)C(=O)O)nc1C. The summed E-state index contributed by atoms with van der Waals surface area (Å²) in [5, 5.41) is 9.59. The van der Waals surface area contributed by atoms with Crippen molar-refractivity contribution in [3.05, 3.63) is 23.4 Å². The first-order valence-electron chi connectivity index (χ1n) is 5.26. The molecule has 0 spiro atoms. The van der Waals surface area contributed by atoms with E-state index in [1.807, 2.05) is 0 Å². The Bertz CT molecular complexity index is 485. The van der Waals surface area contributed by atoms with Gasteiger partial charge < -0.3 is 9.84 Å². The number of carbonyl (C=O) groups is 2. The zero-order valence-electron chi connectivity index (χ0n) is 10.7. The Morgan fingerprint density at radius 2 is 2.00 bits per heavy atom. The summed E-state index contributed by atoms with van der Waals surface area (Å²) in [6.45, 7) is 4.89. The smallest absolute Gasteiger partial charge is 0.339 e. The minimum atomic E-state index is -0.966. The Kier molecular flexibility index (Phi) is 4.34. The standard InChI is InChI=1S/C12H15NO4S/c1-7-8(10(14)17-4)5-6-9(13-7)18-12(2,3)11(15)16/h5-6H,1-4H3,(H,15,16). The highest BCUT2D eigenvalue weighted by atomic mass is 32.2. The van der Waals surface area contributed by atoms with E-state index in [0.717, 1.165) is 11.8 Å². The number of rotatable bonds is 4. The first kappa shape index (κ1) is 14.5. The topological polar surface area (TPSA) is 76.5 Å². The van der Waals surface area contributed by atoms with Crippen LogP contribution in [0, 0.1) is 6.92 Å². The maximum atomic E-state index is 11.4. The molecule has 1 aromatic heterocycles. The summed E-state index contributed by atoms with van der Waals surface area (Å²) in [4.78, 5) is 26.6. The van der Waals surface area contributed by atoms with Crippen molar-refractivity contribution in [3.63, 3.8) is 0 Å². The Hall–Kier alpha value is -1.56. The van der Waals surface area contributed by atoms with Gasteiger partial charge in [0.25, 0.3) is 0 Å². The predicted molar refractivity (Wildman–Crippen MR) is 67.9 cm³/mol. The number of nitrogens with zero attached hydrogens (tertiary/aromatic N) is 1. The second-order valence-electron chi connectivity index (χ2n) is 4.19. The molecular formula is C12H15NO4S. The van der Waals surface area contributed by atoms with Gasteiger partial charge in [-0.1, -0.05) is 11.8 Å². The molecular weight excluding hydrogens is 254 g/mol. The second kappa shape index (κ2) is 5.39. The fraction of sp³-hybridized carbons (Fsp3) is 0.417. The lowest BCUT2D eigenvalue weighted by molar-refractivity contribution is -0.138. The monoisotopic (exact) mass is 269 g/mol. The summed E-state index contributed by atoms with van der Waals surface area (Å²) >= 11 is 1.13. The highest BCUT2D eigenvalue weighted by Crippen LogP contribution is 2.31. The molecule has 0 atom stereocenters. The van der Waals surface area contributed by atoms with Crippen LogP contribution in [0.25, 0.3) is 0 Å². The number of hydrogen-bond acceptors (Lipinski definition) is 5. The Morgan fingerprint density at radius 3 is 2.44 bits per heavy atom. The molecule has 18 heavy (non-hydrogen) atoms. The van der Waals surface area contributed by atoms with E-state index >= 15 is 0 Å². The molecule has 1 heterocycles. The first-order chi connectivity index (χ1) is 8.27. The van der Waals surface area contributed by atoms with Crippen molar-refractivity contribution in [3.8, 4) is 0 Å². The molecule has 0 bridgehead atoms. The minimum absolute atomic E-state index is 0.384. The number of carboxylic acid groups (broad SMARTS) is 1. The Balaban J connectivity index is 2.99. The van der Waals surface area contributed by atoms with Crippen LogP contribution < -0.4 is 0 Å². The van der Waals surface area contributed by atoms with Gasteiger partial charge in [-0.3, -0.25) is 4.79 Å². The number of hydrogen-bond donors (Lipinski definition) is 1. The maximum Gasteiger partial charge on any atom is 0.339 e. The highest BCUT2D eigenvalue weighted by Gasteiger charge is 2.29. The summed E-state index contributed by atoms with van der Waals surface area (Å²) in [5.41, 5.74) is 0.906. The largest absolute Gasteiger partial charge is 0.480 e. The van der Waals surface area contributed by atoms with Crippen molar-refractivity contribution in [2.75, 3.05) is 7.11 Å². The van der Waals surface area contributed by atoms with Crippen LogP contribution in [0.5, 0.6) is 0 Å². The molecule has 0 aliphatic heterocycles. The minimum Gasteiger partial charge on any atom is -0.480 e. The van der Waals surface area contributed by atoms with Crippen molar-refractivity contribution < 1.29 is 19.4 Å². The molecule has 1 aromatic rings. The number of aromatic nitrogens is 1. The molecule has 98 valence electrons. The van der Waals surface area contributed by atoms with Gasteiger partial charge in [0, 0.05) is 0 Å². The van der Waals surface area contributed by atoms with Gasteiger partial charge in [0.05, 0.1) is 23.4 Å². The molecule has 0 unspecified atom stereocenters. The molecule has 0 aliphatic rings. The summed E-state index contributed by atoms with van der Waals surface area (Å²) < 4.78 is 3.65. The summed E-state index contributed by atoms with van der Waals surface area (Å²) in [6, 6.07) is 3.21. The van der Waals surface area contributed by atoms with E-state index in [-0.39, 0.29) is 0 Å². The number of thioether (sulfide) groups is 1. The predicted octanol–water partition coefficient (Wildman–Crippen LogP) is 2.13. The Labute approximate surface area is 110 Å². The molecule has 0 fully saturated rings. The molecule has 0 aliphatic carbocycles. The van der Waals surface area contributed by atoms with Crippen LogP contribution in [-0.4, -0.2) is 33.9 Å². The molecule has 5 nitrogen and oxygen atoms in total.